The molecule has 1 aliphatic rings. The number of likely N-dealkylation sites (tertiary alicyclic amines) is 1. The van der Waals surface area contributed by atoms with Crippen molar-refractivity contribution in [2.45, 2.75) is 26.1 Å². The number of aliphatic hydroxyl groups excluding tert-OH is 1. The predicted molar refractivity (Wildman–Crippen MR) is 152 cm³/mol. The van der Waals surface area contributed by atoms with Gasteiger partial charge in [-0.2, -0.15) is 0 Å². The minimum Gasteiger partial charge on any atom is -0.507 e. The van der Waals surface area contributed by atoms with Crippen LogP contribution in [0, 0.1) is 6.92 Å². The van der Waals surface area contributed by atoms with Crippen LogP contribution >= 0.6 is 0 Å². The third-order valence-electron chi connectivity index (χ3n) is 6.88. The van der Waals surface area contributed by atoms with Crippen LogP contribution in [0.3, 0.4) is 0 Å². The van der Waals surface area contributed by atoms with Crippen LogP contribution in [0.15, 0.2) is 103 Å². The van der Waals surface area contributed by atoms with Crippen LogP contribution in [0.25, 0.3) is 5.76 Å². The number of nitrogens with zero attached hydrogens (tertiary/aromatic N) is 2. The quantitative estimate of drug-likeness (QED) is 0.136. The predicted octanol–water partition coefficient (Wildman–Crippen LogP) is 5.38. The SMILES string of the molecule is COC(=O)c1ccc([C@@H]2C(=C(O)c3ccc(OCc4cccc(C)c4)cc3)C(=O)C(=O)N2Cc2cccnc2)cc1. The fraction of sp³-hybridized carbons (Fsp3) is 0.152. The molecule has 3 aromatic carbocycles. The Bertz CT molecular complexity index is 1610. The van der Waals surface area contributed by atoms with Gasteiger partial charge in [0.15, 0.2) is 0 Å². The highest BCUT2D eigenvalue weighted by Gasteiger charge is 2.46. The van der Waals surface area contributed by atoms with Crippen LogP contribution in [0.2, 0.25) is 0 Å². The van der Waals surface area contributed by atoms with E-state index in [9.17, 15) is 19.5 Å². The number of carbonyl (C=O) groups excluding carboxylic acids is 3. The third kappa shape index (κ3) is 5.86. The van der Waals surface area contributed by atoms with Crippen molar-refractivity contribution in [3.63, 3.8) is 0 Å². The molecule has 0 aliphatic carbocycles. The Morgan fingerprint density at radius 1 is 0.927 bits per heavy atom. The highest BCUT2D eigenvalue weighted by atomic mass is 16.5. The van der Waals surface area contributed by atoms with Gasteiger partial charge in [0.2, 0.25) is 0 Å². The van der Waals surface area contributed by atoms with Crippen LogP contribution in [0.5, 0.6) is 5.75 Å². The summed E-state index contributed by atoms with van der Waals surface area (Å²) in [6.07, 6.45) is 3.24. The van der Waals surface area contributed by atoms with Crippen molar-refractivity contribution in [3.8, 4) is 5.75 Å². The lowest BCUT2D eigenvalue weighted by Gasteiger charge is -2.25. The smallest absolute Gasteiger partial charge is 0.337 e. The van der Waals surface area contributed by atoms with E-state index in [0.29, 0.717) is 29.0 Å². The molecule has 5 rings (SSSR count). The summed E-state index contributed by atoms with van der Waals surface area (Å²) >= 11 is 0. The van der Waals surface area contributed by atoms with Gasteiger partial charge in [0.25, 0.3) is 11.7 Å². The molecule has 0 radical (unpaired) electrons. The normalized spacial score (nSPS) is 16.0. The van der Waals surface area contributed by atoms with Gasteiger partial charge in [-0.15, -0.1) is 0 Å². The van der Waals surface area contributed by atoms with Crippen molar-refractivity contribution >= 4 is 23.4 Å². The van der Waals surface area contributed by atoms with Gasteiger partial charge in [-0.05, 0) is 66.1 Å². The summed E-state index contributed by atoms with van der Waals surface area (Å²) in [5, 5.41) is 11.4. The molecule has 1 aromatic heterocycles. The number of aryl methyl sites for hydroxylation is 1. The number of hydrogen-bond donors (Lipinski definition) is 1. The third-order valence-corrected chi connectivity index (χ3v) is 6.88. The summed E-state index contributed by atoms with van der Waals surface area (Å²) in [7, 11) is 1.29. The molecule has 1 N–H and O–H groups in total. The first-order valence-electron chi connectivity index (χ1n) is 13.0. The number of Topliss-reactive ketones (excluding diaryl/α,β-unsaturated/α-hetero) is 1. The molecule has 0 saturated carbocycles. The van der Waals surface area contributed by atoms with E-state index in [2.05, 4.69) is 4.98 Å². The molecule has 8 nitrogen and oxygen atoms in total. The lowest BCUT2D eigenvalue weighted by atomic mass is 9.94. The molecule has 41 heavy (non-hydrogen) atoms. The number of methoxy groups -OCH3 is 1. The summed E-state index contributed by atoms with van der Waals surface area (Å²) in [6, 6.07) is 23.8. The Kier molecular flexibility index (Phi) is 7.92. The Morgan fingerprint density at radius 2 is 1.63 bits per heavy atom. The molecule has 1 saturated heterocycles. The van der Waals surface area contributed by atoms with E-state index in [0.717, 1.165) is 16.7 Å². The number of aliphatic hydroxyl groups is 1. The molecule has 0 spiro atoms. The van der Waals surface area contributed by atoms with Gasteiger partial charge in [0.05, 0.1) is 24.3 Å². The number of carbonyl (C=O) groups is 3. The molecule has 0 bridgehead atoms. The molecule has 1 amide bonds. The second kappa shape index (κ2) is 11.9. The van der Waals surface area contributed by atoms with E-state index in [1.165, 1.54) is 12.0 Å². The lowest BCUT2D eigenvalue weighted by molar-refractivity contribution is -0.140. The minimum absolute atomic E-state index is 0.0434. The molecule has 4 aromatic rings. The number of amides is 1. The molecular weight excluding hydrogens is 520 g/mol. The van der Waals surface area contributed by atoms with Gasteiger partial charge in [-0.3, -0.25) is 14.6 Å². The number of aromatic nitrogens is 1. The molecule has 206 valence electrons. The first-order valence-corrected chi connectivity index (χ1v) is 13.0. The first-order chi connectivity index (χ1) is 19.9. The molecule has 1 aliphatic heterocycles. The maximum absolute atomic E-state index is 13.4. The molecule has 1 fully saturated rings. The summed E-state index contributed by atoms with van der Waals surface area (Å²) < 4.78 is 10.7. The Morgan fingerprint density at radius 3 is 2.29 bits per heavy atom. The summed E-state index contributed by atoms with van der Waals surface area (Å²) in [6.45, 7) is 2.50. The lowest BCUT2D eigenvalue weighted by Crippen LogP contribution is -2.29. The monoisotopic (exact) mass is 548 g/mol. The number of benzene rings is 3. The van der Waals surface area contributed by atoms with Gasteiger partial charge in [0.1, 0.15) is 18.1 Å². The summed E-state index contributed by atoms with van der Waals surface area (Å²) in [5.74, 6) is -1.76. The average molecular weight is 549 g/mol. The molecule has 2 heterocycles. The zero-order chi connectivity index (χ0) is 28.9. The van der Waals surface area contributed by atoms with Crippen LogP contribution in [-0.4, -0.2) is 39.8 Å². The Hall–Kier alpha value is -5.24. The van der Waals surface area contributed by atoms with Crippen LogP contribution in [0.1, 0.15) is 44.2 Å². The van der Waals surface area contributed by atoms with E-state index < -0.39 is 23.7 Å². The number of esters is 1. The fourth-order valence-electron chi connectivity index (χ4n) is 4.83. The van der Waals surface area contributed by atoms with Gasteiger partial charge in [-0.25, -0.2) is 4.79 Å². The number of rotatable bonds is 8. The van der Waals surface area contributed by atoms with Crippen molar-refractivity contribution < 1.29 is 29.0 Å². The largest absolute Gasteiger partial charge is 0.507 e. The van der Waals surface area contributed by atoms with Gasteiger partial charge in [0, 0.05) is 24.5 Å². The van der Waals surface area contributed by atoms with Crippen molar-refractivity contribution in [2.24, 2.45) is 0 Å². The Labute approximate surface area is 237 Å². The van der Waals surface area contributed by atoms with E-state index in [1.807, 2.05) is 31.2 Å². The van der Waals surface area contributed by atoms with Crippen LogP contribution < -0.4 is 4.74 Å². The van der Waals surface area contributed by atoms with Crippen molar-refractivity contribution in [3.05, 3.63) is 136 Å². The highest BCUT2D eigenvalue weighted by molar-refractivity contribution is 6.46. The molecule has 8 heteroatoms. The Balaban J connectivity index is 1.48. The first kappa shape index (κ1) is 27.3. The van der Waals surface area contributed by atoms with Gasteiger partial charge >= 0.3 is 5.97 Å². The summed E-state index contributed by atoms with van der Waals surface area (Å²) in [5.41, 5.74) is 4.09. The molecule has 1 atom stereocenters. The van der Waals surface area contributed by atoms with Crippen LogP contribution in [0.4, 0.5) is 0 Å². The minimum atomic E-state index is -0.890. The second-order valence-electron chi connectivity index (χ2n) is 9.70. The van der Waals surface area contributed by atoms with Crippen LogP contribution in [-0.2, 0) is 27.5 Å². The zero-order valence-corrected chi connectivity index (χ0v) is 22.6. The number of ketones is 1. The molecular formula is C33H28N2O6. The average Bonchev–Trinajstić information content (AvgIpc) is 3.25. The van der Waals surface area contributed by atoms with E-state index in [-0.39, 0.29) is 17.9 Å². The standard InChI is InChI=1S/C33H28N2O6/c1-21-5-3-6-22(17-21)20-41-27-14-12-25(13-15-27)30(36)28-29(24-8-10-26(11-9-24)33(39)40-2)35(32(38)31(28)37)19-23-7-4-16-34-18-23/h3-18,29,36H,19-20H2,1-2H3/t29-/m1/s1. The van der Waals surface area contributed by atoms with E-state index >= 15 is 0 Å². The van der Waals surface area contributed by atoms with Crippen molar-refractivity contribution in [1.82, 2.24) is 9.88 Å². The number of hydrogen-bond acceptors (Lipinski definition) is 7. The zero-order valence-electron chi connectivity index (χ0n) is 22.6. The van der Waals surface area contributed by atoms with E-state index in [4.69, 9.17) is 9.47 Å². The van der Waals surface area contributed by atoms with Gasteiger partial charge in [-0.1, -0.05) is 48.0 Å². The van der Waals surface area contributed by atoms with Gasteiger partial charge < -0.3 is 19.5 Å². The molecule has 0 unspecified atom stereocenters. The van der Waals surface area contributed by atoms with Crippen molar-refractivity contribution in [2.75, 3.05) is 7.11 Å². The summed E-state index contributed by atoms with van der Waals surface area (Å²) in [4.78, 5) is 44.1. The number of pyridine rings is 1. The second-order valence-corrected chi connectivity index (χ2v) is 9.70. The fourth-order valence-corrected chi connectivity index (χ4v) is 4.83. The van der Waals surface area contributed by atoms with Crippen molar-refractivity contribution in [1.29, 1.82) is 0 Å². The maximum atomic E-state index is 13.4. The highest BCUT2D eigenvalue weighted by Crippen LogP contribution is 2.40. The van der Waals surface area contributed by atoms with E-state index in [1.54, 1.807) is 73.1 Å². The topological polar surface area (TPSA) is 106 Å². The number of ether oxygens (including phenoxy) is 2. The maximum Gasteiger partial charge on any atom is 0.337 e.